The van der Waals surface area contributed by atoms with Gasteiger partial charge >= 0.3 is 5.69 Å². The molecule has 7 heteroatoms. The lowest BCUT2D eigenvalue weighted by Crippen LogP contribution is -2.36. The van der Waals surface area contributed by atoms with Crippen molar-refractivity contribution in [2.45, 2.75) is 25.9 Å². The van der Waals surface area contributed by atoms with Crippen molar-refractivity contribution >= 4 is 5.91 Å². The van der Waals surface area contributed by atoms with Crippen LogP contribution >= 0.6 is 0 Å². The van der Waals surface area contributed by atoms with E-state index < -0.39 is 11.2 Å². The Morgan fingerprint density at radius 3 is 2.70 bits per heavy atom. The van der Waals surface area contributed by atoms with Gasteiger partial charge in [0, 0.05) is 17.8 Å². The Kier molecular flexibility index (Phi) is 5.35. The van der Waals surface area contributed by atoms with Gasteiger partial charge in [0.05, 0.1) is 13.2 Å². The fourth-order valence-corrected chi connectivity index (χ4v) is 2.32. The summed E-state index contributed by atoms with van der Waals surface area (Å²) in [5.74, 6) is 0.373. The molecule has 2 rings (SSSR count). The van der Waals surface area contributed by atoms with E-state index >= 15 is 0 Å². The first-order valence-electron chi connectivity index (χ1n) is 7.27. The summed E-state index contributed by atoms with van der Waals surface area (Å²) in [6.07, 6.45) is 1.97. The number of amides is 1. The number of rotatable bonds is 6. The number of carbonyl (C=O) groups is 1. The Morgan fingerprint density at radius 2 is 2.04 bits per heavy atom. The molecule has 1 aromatic carbocycles. The molecule has 1 aromatic heterocycles. The molecule has 0 aliphatic rings. The summed E-state index contributed by atoms with van der Waals surface area (Å²) in [4.78, 5) is 36.9. The van der Waals surface area contributed by atoms with Crippen molar-refractivity contribution in [2.75, 3.05) is 7.11 Å². The highest BCUT2D eigenvalue weighted by Crippen LogP contribution is 2.26. The number of benzene rings is 1. The summed E-state index contributed by atoms with van der Waals surface area (Å²) in [5, 5.41) is 2.88. The Balaban J connectivity index is 2.14. The minimum atomic E-state index is -0.613. The summed E-state index contributed by atoms with van der Waals surface area (Å²) < 4.78 is 6.46. The van der Waals surface area contributed by atoms with Crippen molar-refractivity contribution in [2.24, 2.45) is 0 Å². The maximum Gasteiger partial charge on any atom is 0.328 e. The predicted octanol–water partition coefficient (Wildman–Crippen LogP) is 0.813. The quantitative estimate of drug-likeness (QED) is 0.824. The molecule has 1 atom stereocenters. The maximum absolute atomic E-state index is 12.2. The van der Waals surface area contributed by atoms with E-state index in [9.17, 15) is 14.4 Å². The highest BCUT2D eigenvalue weighted by Gasteiger charge is 2.16. The molecule has 1 amide bonds. The summed E-state index contributed by atoms with van der Waals surface area (Å²) in [5.41, 5.74) is -0.232. The van der Waals surface area contributed by atoms with Gasteiger partial charge in [0.1, 0.15) is 12.3 Å². The van der Waals surface area contributed by atoms with Crippen molar-refractivity contribution in [3.05, 3.63) is 62.9 Å². The van der Waals surface area contributed by atoms with Gasteiger partial charge in [-0.2, -0.15) is 0 Å². The number of para-hydroxylation sites is 1. The number of nitrogens with one attached hydrogen (secondary N) is 2. The molecule has 0 fully saturated rings. The standard InChI is InChI=1S/C16H19N3O4/c1-3-12(11-6-4-5-7-13(11)23-2)17-15(21)10-19-9-8-14(20)18-16(19)22/h4-9,12H,3,10H2,1-2H3,(H,17,21)(H,18,20,22)/t12-/m0/s1. The fourth-order valence-electron chi connectivity index (χ4n) is 2.32. The number of hydrogen-bond acceptors (Lipinski definition) is 4. The molecule has 0 bridgehead atoms. The molecule has 7 nitrogen and oxygen atoms in total. The molecule has 0 radical (unpaired) electrons. The Bertz CT molecular complexity index is 794. The van der Waals surface area contributed by atoms with E-state index in [-0.39, 0.29) is 18.5 Å². The molecule has 0 unspecified atom stereocenters. The lowest BCUT2D eigenvalue weighted by Gasteiger charge is -2.20. The molecule has 1 heterocycles. The van der Waals surface area contributed by atoms with Gasteiger partial charge in [-0.1, -0.05) is 25.1 Å². The first-order valence-corrected chi connectivity index (χ1v) is 7.27. The van der Waals surface area contributed by atoms with E-state index in [1.807, 2.05) is 31.2 Å². The van der Waals surface area contributed by atoms with Crippen molar-refractivity contribution < 1.29 is 9.53 Å². The zero-order chi connectivity index (χ0) is 16.8. The van der Waals surface area contributed by atoms with Crippen molar-refractivity contribution in [3.63, 3.8) is 0 Å². The topological polar surface area (TPSA) is 93.2 Å². The van der Waals surface area contributed by atoms with E-state index in [4.69, 9.17) is 4.74 Å². The number of methoxy groups -OCH3 is 1. The molecule has 0 spiro atoms. The summed E-state index contributed by atoms with van der Waals surface area (Å²) in [7, 11) is 1.58. The van der Waals surface area contributed by atoms with Gasteiger partial charge in [0.2, 0.25) is 5.91 Å². The number of nitrogens with zero attached hydrogens (tertiary/aromatic N) is 1. The van der Waals surface area contributed by atoms with E-state index in [2.05, 4.69) is 10.3 Å². The average Bonchev–Trinajstić information content (AvgIpc) is 2.55. The van der Waals surface area contributed by atoms with Crippen LogP contribution < -0.4 is 21.3 Å². The van der Waals surface area contributed by atoms with Crippen molar-refractivity contribution in [1.82, 2.24) is 14.9 Å². The number of carbonyl (C=O) groups excluding carboxylic acids is 1. The van der Waals surface area contributed by atoms with E-state index in [1.54, 1.807) is 7.11 Å². The highest BCUT2D eigenvalue weighted by atomic mass is 16.5. The van der Waals surface area contributed by atoms with Gasteiger partial charge in [-0.25, -0.2) is 4.79 Å². The zero-order valence-electron chi connectivity index (χ0n) is 13.0. The van der Waals surface area contributed by atoms with Crippen molar-refractivity contribution in [1.29, 1.82) is 0 Å². The first kappa shape index (κ1) is 16.5. The van der Waals surface area contributed by atoms with E-state index in [0.717, 1.165) is 10.1 Å². The summed E-state index contributed by atoms with van der Waals surface area (Å²) >= 11 is 0. The van der Waals surface area contributed by atoms with Crippen LogP contribution in [0.5, 0.6) is 5.75 Å². The van der Waals surface area contributed by atoms with Crippen LogP contribution in [0.2, 0.25) is 0 Å². The fraction of sp³-hybridized carbons (Fsp3) is 0.312. The third-order valence-corrected chi connectivity index (χ3v) is 3.47. The maximum atomic E-state index is 12.2. The molecule has 122 valence electrons. The second-order valence-corrected chi connectivity index (χ2v) is 5.01. The summed E-state index contributed by atoms with van der Waals surface area (Å²) in [6.45, 7) is 1.78. The van der Waals surface area contributed by atoms with Crippen LogP contribution in [-0.4, -0.2) is 22.6 Å². The zero-order valence-corrected chi connectivity index (χ0v) is 13.0. The minimum absolute atomic E-state index is 0.165. The molecular formula is C16H19N3O4. The molecular weight excluding hydrogens is 298 g/mol. The number of ether oxygens (including phenoxy) is 1. The average molecular weight is 317 g/mol. The third kappa shape index (κ3) is 4.09. The molecule has 23 heavy (non-hydrogen) atoms. The Labute approximate surface area is 132 Å². The molecule has 0 saturated carbocycles. The molecule has 0 aliphatic carbocycles. The molecule has 2 aromatic rings. The van der Waals surface area contributed by atoms with Crippen LogP contribution in [0, 0.1) is 0 Å². The molecule has 0 aliphatic heterocycles. The van der Waals surface area contributed by atoms with E-state index in [0.29, 0.717) is 12.2 Å². The van der Waals surface area contributed by atoms with Crippen LogP contribution in [0.4, 0.5) is 0 Å². The number of hydrogen-bond donors (Lipinski definition) is 2. The van der Waals surface area contributed by atoms with Gasteiger partial charge in [-0.15, -0.1) is 0 Å². The first-order chi connectivity index (χ1) is 11.0. The van der Waals surface area contributed by atoms with Crippen molar-refractivity contribution in [3.8, 4) is 5.75 Å². The normalized spacial score (nSPS) is 11.7. The lowest BCUT2D eigenvalue weighted by molar-refractivity contribution is -0.122. The van der Waals surface area contributed by atoms with Gasteiger partial charge in [-0.3, -0.25) is 19.1 Å². The minimum Gasteiger partial charge on any atom is -0.496 e. The number of H-pyrrole nitrogens is 1. The number of aromatic amines is 1. The van der Waals surface area contributed by atoms with Gasteiger partial charge in [-0.05, 0) is 12.5 Å². The van der Waals surface area contributed by atoms with Crippen LogP contribution in [0.15, 0.2) is 46.1 Å². The van der Waals surface area contributed by atoms with Crippen LogP contribution in [-0.2, 0) is 11.3 Å². The molecule has 0 saturated heterocycles. The second kappa shape index (κ2) is 7.44. The van der Waals surface area contributed by atoms with Gasteiger partial charge in [0.25, 0.3) is 5.56 Å². The Hall–Kier alpha value is -2.83. The second-order valence-electron chi connectivity index (χ2n) is 5.01. The lowest BCUT2D eigenvalue weighted by atomic mass is 10.0. The van der Waals surface area contributed by atoms with Gasteiger partial charge in [0.15, 0.2) is 0 Å². The smallest absolute Gasteiger partial charge is 0.328 e. The largest absolute Gasteiger partial charge is 0.496 e. The monoisotopic (exact) mass is 317 g/mol. The van der Waals surface area contributed by atoms with Crippen LogP contribution in [0.3, 0.4) is 0 Å². The highest BCUT2D eigenvalue weighted by molar-refractivity contribution is 5.76. The third-order valence-electron chi connectivity index (χ3n) is 3.47. The molecule has 2 N–H and O–H groups in total. The van der Waals surface area contributed by atoms with Crippen LogP contribution in [0.25, 0.3) is 0 Å². The predicted molar refractivity (Wildman–Crippen MR) is 85.5 cm³/mol. The summed E-state index contributed by atoms with van der Waals surface area (Å²) in [6, 6.07) is 8.43. The SMILES string of the molecule is CC[C@H](NC(=O)Cn1ccc(=O)[nH]c1=O)c1ccccc1OC. The Morgan fingerprint density at radius 1 is 1.30 bits per heavy atom. The number of aromatic nitrogens is 2. The van der Waals surface area contributed by atoms with Crippen LogP contribution in [0.1, 0.15) is 24.9 Å². The van der Waals surface area contributed by atoms with E-state index in [1.165, 1.54) is 12.3 Å². The van der Waals surface area contributed by atoms with Gasteiger partial charge < -0.3 is 10.1 Å².